The quantitative estimate of drug-likeness (QED) is 0.827. The summed E-state index contributed by atoms with van der Waals surface area (Å²) in [4.78, 5) is 14.3. The lowest BCUT2D eigenvalue weighted by Gasteiger charge is -2.35. The molecule has 1 aromatic rings. The van der Waals surface area contributed by atoms with Gasteiger partial charge in [0.25, 0.3) is 0 Å². The van der Waals surface area contributed by atoms with E-state index in [1.807, 2.05) is 49.9 Å². The second-order valence-corrected chi connectivity index (χ2v) is 5.61. The fourth-order valence-electron chi connectivity index (χ4n) is 2.07. The van der Waals surface area contributed by atoms with Gasteiger partial charge in [0, 0.05) is 18.6 Å². The molecule has 1 aromatic carbocycles. The summed E-state index contributed by atoms with van der Waals surface area (Å²) >= 11 is 0. The van der Waals surface area contributed by atoms with Gasteiger partial charge in [-0.1, -0.05) is 30.3 Å². The van der Waals surface area contributed by atoms with Crippen molar-refractivity contribution in [2.24, 2.45) is 5.73 Å². The van der Waals surface area contributed by atoms with E-state index >= 15 is 0 Å². The van der Waals surface area contributed by atoms with Gasteiger partial charge in [-0.15, -0.1) is 6.58 Å². The lowest BCUT2D eigenvalue weighted by atomic mass is 10.0. The minimum absolute atomic E-state index is 0.105. The topological polar surface area (TPSA) is 46.3 Å². The molecule has 0 aliphatic carbocycles. The first-order valence-corrected chi connectivity index (χ1v) is 6.58. The van der Waals surface area contributed by atoms with E-state index in [9.17, 15) is 4.79 Å². The lowest BCUT2D eigenvalue weighted by Crippen LogP contribution is -2.46. The van der Waals surface area contributed by atoms with Gasteiger partial charge < -0.3 is 10.6 Å². The molecule has 104 valence electrons. The summed E-state index contributed by atoms with van der Waals surface area (Å²) in [5.41, 5.74) is 7.54. The number of nitrogens with zero attached hydrogens (tertiary/aromatic N) is 1. The molecule has 0 saturated carbocycles. The van der Waals surface area contributed by atoms with Gasteiger partial charge in [-0.2, -0.15) is 0 Å². The molecule has 3 nitrogen and oxygen atoms in total. The van der Waals surface area contributed by atoms with Crippen molar-refractivity contribution in [3.63, 3.8) is 0 Å². The Hall–Kier alpha value is -1.61. The average Bonchev–Trinajstić information content (AvgIpc) is 2.35. The predicted octanol–water partition coefficient (Wildman–Crippen LogP) is 2.50. The molecule has 3 heteroatoms. The van der Waals surface area contributed by atoms with Crippen LogP contribution in [0.15, 0.2) is 36.9 Å². The van der Waals surface area contributed by atoms with Gasteiger partial charge in [-0.3, -0.25) is 4.79 Å². The molecule has 0 fully saturated rings. The van der Waals surface area contributed by atoms with E-state index in [1.54, 1.807) is 6.08 Å². The molecule has 0 spiro atoms. The molecule has 19 heavy (non-hydrogen) atoms. The lowest BCUT2D eigenvalue weighted by molar-refractivity contribution is -0.134. The second-order valence-electron chi connectivity index (χ2n) is 5.61. The highest BCUT2D eigenvalue weighted by Gasteiger charge is 2.25. The predicted molar refractivity (Wildman–Crippen MR) is 79.7 cm³/mol. The Morgan fingerprint density at radius 3 is 2.37 bits per heavy atom. The highest BCUT2D eigenvalue weighted by Crippen LogP contribution is 2.17. The van der Waals surface area contributed by atoms with Gasteiger partial charge in [0.15, 0.2) is 0 Å². The summed E-state index contributed by atoms with van der Waals surface area (Å²) in [7, 11) is 0. The van der Waals surface area contributed by atoms with Crippen molar-refractivity contribution in [2.45, 2.75) is 39.3 Å². The summed E-state index contributed by atoms with van der Waals surface area (Å²) in [5.74, 6) is 0.105. The number of hydrogen-bond acceptors (Lipinski definition) is 2. The van der Waals surface area contributed by atoms with Crippen molar-refractivity contribution in [3.05, 3.63) is 48.0 Å². The Balaban J connectivity index is 2.90. The van der Waals surface area contributed by atoms with Crippen molar-refractivity contribution < 1.29 is 4.79 Å². The van der Waals surface area contributed by atoms with Gasteiger partial charge in [0.05, 0.1) is 6.42 Å². The van der Waals surface area contributed by atoms with Crippen LogP contribution in [0.5, 0.6) is 0 Å². The number of benzene rings is 1. The zero-order valence-corrected chi connectivity index (χ0v) is 12.1. The van der Waals surface area contributed by atoms with Crippen molar-refractivity contribution in [2.75, 3.05) is 6.54 Å². The van der Waals surface area contributed by atoms with Crippen LogP contribution in [0.1, 0.15) is 31.9 Å². The van der Waals surface area contributed by atoms with Gasteiger partial charge >= 0.3 is 0 Å². The smallest absolute Gasteiger partial charge is 0.227 e. The minimum atomic E-state index is -0.205. The molecule has 0 heterocycles. The first-order chi connectivity index (χ1) is 8.90. The Bertz CT molecular complexity index is 446. The highest BCUT2D eigenvalue weighted by molar-refractivity contribution is 5.80. The maximum absolute atomic E-state index is 12.5. The molecule has 1 amide bonds. The maximum atomic E-state index is 12.5. The van der Waals surface area contributed by atoms with Gasteiger partial charge in [-0.05, 0) is 31.9 Å². The van der Waals surface area contributed by atoms with E-state index in [0.717, 1.165) is 11.1 Å². The Morgan fingerprint density at radius 2 is 1.89 bits per heavy atom. The van der Waals surface area contributed by atoms with Crippen molar-refractivity contribution in [1.82, 2.24) is 4.90 Å². The molecule has 0 bridgehead atoms. The monoisotopic (exact) mass is 260 g/mol. The van der Waals surface area contributed by atoms with Crippen LogP contribution in [0, 0.1) is 0 Å². The molecule has 0 atom stereocenters. The molecular weight excluding hydrogens is 236 g/mol. The largest absolute Gasteiger partial charge is 0.334 e. The van der Waals surface area contributed by atoms with Crippen LogP contribution in [0.2, 0.25) is 0 Å². The highest BCUT2D eigenvalue weighted by atomic mass is 16.2. The summed E-state index contributed by atoms with van der Waals surface area (Å²) in [6.45, 7) is 10.8. The van der Waals surface area contributed by atoms with Gasteiger partial charge in [0.1, 0.15) is 0 Å². The fourth-order valence-corrected chi connectivity index (χ4v) is 2.07. The van der Waals surface area contributed by atoms with E-state index in [4.69, 9.17) is 5.73 Å². The molecule has 0 aliphatic rings. The van der Waals surface area contributed by atoms with E-state index in [0.29, 0.717) is 19.5 Å². The third-order valence-electron chi connectivity index (χ3n) is 3.10. The van der Waals surface area contributed by atoms with Crippen LogP contribution in [0.4, 0.5) is 0 Å². The molecule has 0 aromatic heterocycles. The van der Waals surface area contributed by atoms with Crippen LogP contribution < -0.4 is 5.73 Å². The Kier molecular flexibility index (Phi) is 5.31. The summed E-state index contributed by atoms with van der Waals surface area (Å²) in [5, 5.41) is 0. The number of carbonyl (C=O) groups excluding carboxylic acids is 1. The molecule has 0 unspecified atom stereocenters. The average molecular weight is 260 g/mol. The van der Waals surface area contributed by atoms with Gasteiger partial charge in [-0.25, -0.2) is 0 Å². The van der Waals surface area contributed by atoms with E-state index in [1.165, 1.54) is 0 Å². The minimum Gasteiger partial charge on any atom is -0.334 e. The Labute approximate surface area is 116 Å². The van der Waals surface area contributed by atoms with Crippen LogP contribution >= 0.6 is 0 Å². The van der Waals surface area contributed by atoms with Crippen molar-refractivity contribution in [3.8, 4) is 0 Å². The van der Waals surface area contributed by atoms with E-state index in [2.05, 4.69) is 6.58 Å². The standard InChI is InChI=1S/C16H24N2O/c1-5-10-18(16(2,3)4)15(19)11-13-8-6-7-9-14(13)12-17/h5-9H,1,10-12,17H2,2-4H3. The molecule has 0 aliphatic heterocycles. The van der Waals surface area contributed by atoms with E-state index in [-0.39, 0.29) is 11.4 Å². The van der Waals surface area contributed by atoms with Gasteiger partial charge in [0.2, 0.25) is 5.91 Å². The molecule has 0 saturated heterocycles. The van der Waals surface area contributed by atoms with Crippen molar-refractivity contribution in [1.29, 1.82) is 0 Å². The normalized spacial score (nSPS) is 11.2. The number of hydrogen-bond donors (Lipinski definition) is 1. The maximum Gasteiger partial charge on any atom is 0.227 e. The molecule has 2 N–H and O–H groups in total. The molecule has 0 radical (unpaired) electrons. The first-order valence-electron chi connectivity index (χ1n) is 6.58. The zero-order chi connectivity index (χ0) is 14.5. The second kappa shape index (κ2) is 6.53. The summed E-state index contributed by atoms with van der Waals surface area (Å²) in [6, 6.07) is 7.82. The summed E-state index contributed by atoms with van der Waals surface area (Å²) in [6.07, 6.45) is 2.15. The molecular formula is C16H24N2O. The van der Waals surface area contributed by atoms with Crippen LogP contribution in [-0.2, 0) is 17.8 Å². The zero-order valence-electron chi connectivity index (χ0n) is 12.1. The van der Waals surface area contributed by atoms with Crippen LogP contribution in [-0.4, -0.2) is 22.9 Å². The Morgan fingerprint density at radius 1 is 1.32 bits per heavy atom. The SMILES string of the molecule is C=CCN(C(=O)Cc1ccccc1CN)C(C)(C)C. The number of amides is 1. The fraction of sp³-hybridized carbons (Fsp3) is 0.438. The number of nitrogens with two attached hydrogens (primary N) is 1. The number of carbonyl (C=O) groups is 1. The first kappa shape index (κ1) is 15.4. The number of rotatable bonds is 5. The third kappa shape index (κ3) is 4.21. The van der Waals surface area contributed by atoms with Crippen molar-refractivity contribution >= 4 is 5.91 Å². The summed E-state index contributed by atoms with van der Waals surface area (Å²) < 4.78 is 0. The van der Waals surface area contributed by atoms with E-state index < -0.39 is 0 Å². The van der Waals surface area contributed by atoms with Crippen LogP contribution in [0.3, 0.4) is 0 Å². The molecule has 1 rings (SSSR count). The third-order valence-corrected chi connectivity index (χ3v) is 3.10. The van der Waals surface area contributed by atoms with Crippen LogP contribution in [0.25, 0.3) is 0 Å².